The van der Waals surface area contributed by atoms with E-state index in [0.29, 0.717) is 12.1 Å². The van der Waals surface area contributed by atoms with Crippen LogP contribution in [-0.2, 0) is 0 Å². The predicted molar refractivity (Wildman–Crippen MR) is 68.3 cm³/mol. The number of halogens is 2. The van der Waals surface area contributed by atoms with Crippen molar-refractivity contribution in [3.8, 4) is 0 Å². The summed E-state index contributed by atoms with van der Waals surface area (Å²) < 4.78 is 1.03. The van der Waals surface area contributed by atoms with Crippen LogP contribution in [0.25, 0.3) is 0 Å². The van der Waals surface area contributed by atoms with Crippen LogP contribution < -0.4 is 5.32 Å². The number of rotatable bonds is 3. The molecule has 1 saturated carbocycles. The molecule has 0 heterocycles. The maximum absolute atomic E-state index is 6.19. The molecule has 1 N–H and O–H groups in total. The molecule has 0 aromatic heterocycles. The van der Waals surface area contributed by atoms with E-state index in [4.69, 9.17) is 11.6 Å². The van der Waals surface area contributed by atoms with E-state index < -0.39 is 0 Å². The zero-order chi connectivity index (χ0) is 11.0. The molecule has 1 aliphatic carbocycles. The molecular formula is C12H15BrClN. The van der Waals surface area contributed by atoms with Crippen LogP contribution in [0.5, 0.6) is 0 Å². The molecular weight excluding hydrogens is 273 g/mol. The third-order valence-electron chi connectivity index (χ3n) is 3.00. The lowest BCUT2D eigenvalue weighted by Gasteiger charge is -2.15. The van der Waals surface area contributed by atoms with Crippen molar-refractivity contribution < 1.29 is 0 Å². The van der Waals surface area contributed by atoms with Gasteiger partial charge in [-0.1, -0.05) is 40.5 Å². The highest BCUT2D eigenvalue weighted by atomic mass is 79.9. The molecule has 2 rings (SSSR count). The van der Waals surface area contributed by atoms with Crippen LogP contribution in [0.2, 0.25) is 5.02 Å². The van der Waals surface area contributed by atoms with E-state index in [9.17, 15) is 0 Å². The van der Waals surface area contributed by atoms with Gasteiger partial charge in [0.05, 0.1) is 0 Å². The van der Waals surface area contributed by atoms with Crippen LogP contribution in [0, 0.1) is 5.92 Å². The summed E-state index contributed by atoms with van der Waals surface area (Å²) in [5, 5.41) is 4.41. The highest BCUT2D eigenvalue weighted by Crippen LogP contribution is 2.33. The summed E-state index contributed by atoms with van der Waals surface area (Å²) in [5.74, 6) is 0.821. The quantitative estimate of drug-likeness (QED) is 0.880. The highest BCUT2D eigenvalue weighted by Gasteiger charge is 2.33. The van der Waals surface area contributed by atoms with Gasteiger partial charge in [0.15, 0.2) is 0 Å². The molecule has 3 heteroatoms. The minimum atomic E-state index is 0.334. The van der Waals surface area contributed by atoms with Crippen LogP contribution >= 0.6 is 27.5 Å². The van der Waals surface area contributed by atoms with Crippen molar-refractivity contribution >= 4 is 27.5 Å². The van der Waals surface area contributed by atoms with Gasteiger partial charge in [0.2, 0.25) is 0 Å². The van der Waals surface area contributed by atoms with Gasteiger partial charge in [-0.3, -0.25) is 0 Å². The molecule has 1 fully saturated rings. The molecule has 1 aliphatic rings. The second kappa shape index (κ2) is 4.44. The lowest BCUT2D eigenvalue weighted by Crippen LogP contribution is -2.22. The topological polar surface area (TPSA) is 12.0 Å². The molecule has 0 bridgehead atoms. The first-order chi connectivity index (χ1) is 7.08. The summed E-state index contributed by atoms with van der Waals surface area (Å²) in [6.07, 6.45) is 1.29. The molecule has 3 unspecified atom stereocenters. The number of benzene rings is 1. The zero-order valence-electron chi connectivity index (χ0n) is 8.93. The lowest BCUT2D eigenvalue weighted by atomic mass is 10.1. The van der Waals surface area contributed by atoms with Gasteiger partial charge >= 0.3 is 0 Å². The summed E-state index contributed by atoms with van der Waals surface area (Å²) in [5.41, 5.74) is 1.18. The maximum Gasteiger partial charge on any atom is 0.0464 e. The summed E-state index contributed by atoms with van der Waals surface area (Å²) in [4.78, 5) is 0. The minimum absolute atomic E-state index is 0.334. The molecule has 0 saturated heterocycles. The van der Waals surface area contributed by atoms with Crippen LogP contribution in [0.4, 0.5) is 0 Å². The molecule has 1 aromatic rings. The number of hydrogen-bond donors (Lipinski definition) is 1. The van der Waals surface area contributed by atoms with E-state index in [1.54, 1.807) is 0 Å². The van der Waals surface area contributed by atoms with Crippen LogP contribution in [0.15, 0.2) is 22.7 Å². The average Bonchev–Trinajstić information content (AvgIpc) is 2.81. The summed E-state index contributed by atoms with van der Waals surface area (Å²) in [7, 11) is 0. The van der Waals surface area contributed by atoms with Gasteiger partial charge in [-0.25, -0.2) is 0 Å². The molecule has 0 spiro atoms. The van der Waals surface area contributed by atoms with E-state index in [1.807, 2.05) is 12.1 Å². The number of hydrogen-bond acceptors (Lipinski definition) is 1. The largest absolute Gasteiger partial charge is 0.307 e. The van der Waals surface area contributed by atoms with E-state index in [0.717, 1.165) is 15.4 Å². The first-order valence-corrected chi connectivity index (χ1v) is 6.46. The van der Waals surface area contributed by atoms with Crippen molar-refractivity contribution in [2.24, 2.45) is 5.92 Å². The van der Waals surface area contributed by atoms with Gasteiger partial charge in [0.25, 0.3) is 0 Å². The Kier molecular flexibility index (Phi) is 3.39. The Morgan fingerprint density at radius 3 is 2.73 bits per heavy atom. The third-order valence-corrected chi connectivity index (χ3v) is 3.82. The van der Waals surface area contributed by atoms with Crippen molar-refractivity contribution in [2.75, 3.05) is 0 Å². The molecule has 0 aliphatic heterocycles. The van der Waals surface area contributed by atoms with Gasteiger partial charge in [-0.2, -0.15) is 0 Å². The van der Waals surface area contributed by atoms with Crippen molar-refractivity contribution in [1.82, 2.24) is 5.32 Å². The van der Waals surface area contributed by atoms with Crippen LogP contribution in [0.1, 0.15) is 31.9 Å². The molecule has 15 heavy (non-hydrogen) atoms. The fraction of sp³-hybridized carbons (Fsp3) is 0.500. The smallest absolute Gasteiger partial charge is 0.0464 e. The van der Waals surface area contributed by atoms with Crippen molar-refractivity contribution in [3.05, 3.63) is 33.3 Å². The van der Waals surface area contributed by atoms with E-state index in [2.05, 4.69) is 41.2 Å². The normalized spacial score (nSPS) is 26.4. The highest BCUT2D eigenvalue weighted by molar-refractivity contribution is 9.10. The van der Waals surface area contributed by atoms with E-state index in [-0.39, 0.29) is 0 Å². The average molecular weight is 289 g/mol. The number of nitrogens with one attached hydrogen (secondary N) is 1. The van der Waals surface area contributed by atoms with Gasteiger partial charge in [0.1, 0.15) is 0 Å². The second-order valence-corrected chi connectivity index (χ2v) is 5.70. The molecule has 1 aromatic carbocycles. The molecule has 0 amide bonds. The second-order valence-electron chi connectivity index (χ2n) is 4.37. The fourth-order valence-corrected chi connectivity index (χ4v) is 2.65. The van der Waals surface area contributed by atoms with Gasteiger partial charge in [-0.15, -0.1) is 0 Å². The van der Waals surface area contributed by atoms with Crippen molar-refractivity contribution in [2.45, 2.75) is 32.4 Å². The summed E-state index contributed by atoms with van der Waals surface area (Å²) >= 11 is 9.61. The molecule has 3 atom stereocenters. The zero-order valence-corrected chi connectivity index (χ0v) is 11.3. The van der Waals surface area contributed by atoms with Crippen LogP contribution in [0.3, 0.4) is 0 Å². The Morgan fingerprint density at radius 2 is 2.20 bits per heavy atom. The first-order valence-electron chi connectivity index (χ1n) is 5.29. The third kappa shape index (κ3) is 2.74. The van der Waals surface area contributed by atoms with Crippen LogP contribution in [-0.4, -0.2) is 6.04 Å². The molecule has 1 nitrogen and oxygen atoms in total. The van der Waals surface area contributed by atoms with Crippen molar-refractivity contribution in [3.63, 3.8) is 0 Å². The Labute approximate surface area is 104 Å². The Bertz CT molecular complexity index is 367. The van der Waals surface area contributed by atoms with Crippen molar-refractivity contribution in [1.29, 1.82) is 0 Å². The summed E-state index contributed by atoms with van der Waals surface area (Å²) in [6.45, 7) is 4.44. The van der Waals surface area contributed by atoms with Gasteiger partial charge in [-0.05, 0) is 37.0 Å². The Hall–Kier alpha value is -0.0500. The van der Waals surface area contributed by atoms with E-state index in [1.165, 1.54) is 12.0 Å². The SMILES string of the molecule is CC(NC1CC1C)c1ccc(Br)cc1Cl. The Balaban J connectivity index is 2.07. The van der Waals surface area contributed by atoms with Gasteiger partial charge < -0.3 is 5.32 Å². The monoisotopic (exact) mass is 287 g/mol. The molecule has 0 radical (unpaired) electrons. The molecule has 82 valence electrons. The van der Waals surface area contributed by atoms with Gasteiger partial charge in [0, 0.05) is 21.6 Å². The minimum Gasteiger partial charge on any atom is -0.307 e. The predicted octanol–water partition coefficient (Wildman–Crippen LogP) is 4.16. The maximum atomic E-state index is 6.19. The lowest BCUT2D eigenvalue weighted by molar-refractivity contribution is 0.552. The Morgan fingerprint density at radius 1 is 1.53 bits per heavy atom. The summed E-state index contributed by atoms with van der Waals surface area (Å²) in [6, 6.07) is 7.08. The first kappa shape index (κ1) is 11.4. The van der Waals surface area contributed by atoms with E-state index >= 15 is 0 Å². The fourth-order valence-electron chi connectivity index (χ4n) is 1.82. The standard InChI is InChI=1S/C12H15BrClN/c1-7-5-12(7)15-8(2)10-4-3-9(13)6-11(10)14/h3-4,6-8,12,15H,5H2,1-2H3.